The van der Waals surface area contributed by atoms with Gasteiger partial charge in [-0.2, -0.15) is 25.3 Å². The SMILES string of the molecule is O=C(CSC(SCC(=O)OCCS)c1cccs1)OCCS. The molecule has 0 N–H and O–H groups in total. The number of thiophene rings is 1. The van der Waals surface area contributed by atoms with Crippen LogP contribution in [0.15, 0.2) is 17.5 Å². The van der Waals surface area contributed by atoms with E-state index in [1.165, 1.54) is 23.5 Å². The van der Waals surface area contributed by atoms with Gasteiger partial charge >= 0.3 is 11.9 Å². The molecule has 0 aromatic carbocycles. The van der Waals surface area contributed by atoms with Crippen LogP contribution in [0.25, 0.3) is 0 Å². The molecule has 0 aliphatic carbocycles. The lowest BCUT2D eigenvalue weighted by atomic mass is 10.5. The van der Waals surface area contributed by atoms with Crippen LogP contribution in [0.1, 0.15) is 9.46 Å². The van der Waals surface area contributed by atoms with Crippen molar-refractivity contribution in [2.24, 2.45) is 0 Å². The summed E-state index contributed by atoms with van der Waals surface area (Å²) in [5.41, 5.74) is 0. The Kier molecular flexibility index (Phi) is 11.4. The molecule has 0 atom stereocenters. The molecular formula is C13H18O4S5. The van der Waals surface area contributed by atoms with Crippen LogP contribution in [0.4, 0.5) is 0 Å². The lowest BCUT2D eigenvalue weighted by molar-refractivity contribution is -0.140. The van der Waals surface area contributed by atoms with Gasteiger partial charge in [-0.05, 0) is 11.4 Å². The molecule has 1 heterocycles. The molecule has 0 unspecified atom stereocenters. The van der Waals surface area contributed by atoms with E-state index >= 15 is 0 Å². The topological polar surface area (TPSA) is 52.6 Å². The quantitative estimate of drug-likeness (QED) is 0.339. The number of ether oxygens (including phenoxy) is 2. The van der Waals surface area contributed by atoms with Gasteiger partial charge < -0.3 is 9.47 Å². The van der Waals surface area contributed by atoms with Crippen molar-refractivity contribution in [3.05, 3.63) is 22.4 Å². The smallest absolute Gasteiger partial charge is 0.315 e. The van der Waals surface area contributed by atoms with Gasteiger partial charge in [-0.15, -0.1) is 34.9 Å². The van der Waals surface area contributed by atoms with E-state index in [9.17, 15) is 9.59 Å². The minimum Gasteiger partial charge on any atom is -0.464 e. The van der Waals surface area contributed by atoms with E-state index in [0.717, 1.165) is 4.88 Å². The van der Waals surface area contributed by atoms with E-state index in [-0.39, 0.29) is 28.0 Å². The monoisotopic (exact) mass is 398 g/mol. The highest BCUT2D eigenvalue weighted by Gasteiger charge is 2.18. The van der Waals surface area contributed by atoms with Crippen LogP contribution in [0.3, 0.4) is 0 Å². The van der Waals surface area contributed by atoms with Crippen molar-refractivity contribution in [3.8, 4) is 0 Å². The molecule has 0 bridgehead atoms. The van der Waals surface area contributed by atoms with Crippen molar-refractivity contribution in [2.45, 2.75) is 4.58 Å². The van der Waals surface area contributed by atoms with Crippen molar-refractivity contribution in [3.63, 3.8) is 0 Å². The average Bonchev–Trinajstić information content (AvgIpc) is 3.05. The first-order chi connectivity index (χ1) is 10.7. The van der Waals surface area contributed by atoms with Crippen LogP contribution < -0.4 is 0 Å². The van der Waals surface area contributed by atoms with Crippen molar-refractivity contribution in [1.29, 1.82) is 0 Å². The molecule has 22 heavy (non-hydrogen) atoms. The molecule has 0 saturated heterocycles. The van der Waals surface area contributed by atoms with E-state index in [2.05, 4.69) is 25.3 Å². The van der Waals surface area contributed by atoms with E-state index in [0.29, 0.717) is 24.7 Å². The summed E-state index contributed by atoms with van der Waals surface area (Å²) >= 11 is 12.5. The summed E-state index contributed by atoms with van der Waals surface area (Å²) in [5.74, 6) is 0.981. The summed E-state index contributed by atoms with van der Waals surface area (Å²) in [7, 11) is 0. The van der Waals surface area contributed by atoms with Gasteiger partial charge in [0.25, 0.3) is 0 Å². The zero-order chi connectivity index (χ0) is 16.2. The molecule has 1 aromatic rings. The molecule has 0 saturated carbocycles. The van der Waals surface area contributed by atoms with Crippen molar-refractivity contribution < 1.29 is 19.1 Å². The second kappa shape index (κ2) is 12.5. The predicted octanol–water partition coefficient (Wildman–Crippen LogP) is 3.16. The highest BCUT2D eigenvalue weighted by Crippen LogP contribution is 2.41. The Bertz CT molecular complexity index is 414. The molecule has 0 amide bonds. The number of esters is 2. The maximum Gasteiger partial charge on any atom is 0.315 e. The lowest BCUT2D eigenvalue weighted by Gasteiger charge is -2.14. The standard InChI is InChI=1S/C13H18O4S5/c14-11(16-3-5-18)8-21-13(10-2-1-7-20-10)22-9-12(15)17-4-6-19/h1-2,7,13,18-19H,3-6,8-9H2. The maximum absolute atomic E-state index is 11.6. The largest absolute Gasteiger partial charge is 0.464 e. The van der Waals surface area contributed by atoms with Gasteiger partial charge in [0, 0.05) is 16.4 Å². The second-order valence-electron chi connectivity index (χ2n) is 3.86. The number of carbonyl (C=O) groups excluding carboxylic acids is 2. The third-order valence-corrected chi connectivity index (χ3v) is 6.52. The summed E-state index contributed by atoms with van der Waals surface area (Å²) in [4.78, 5) is 24.3. The van der Waals surface area contributed by atoms with Gasteiger partial charge in [0.2, 0.25) is 0 Å². The molecule has 0 radical (unpaired) electrons. The Hall–Kier alpha value is 0.0400. The predicted molar refractivity (Wildman–Crippen MR) is 102 cm³/mol. The van der Waals surface area contributed by atoms with E-state index in [1.54, 1.807) is 11.3 Å². The molecule has 4 nitrogen and oxygen atoms in total. The summed E-state index contributed by atoms with van der Waals surface area (Å²) < 4.78 is 10.00. The molecule has 124 valence electrons. The number of thiol groups is 2. The Morgan fingerprint density at radius 3 is 2.05 bits per heavy atom. The molecule has 0 fully saturated rings. The van der Waals surface area contributed by atoms with Crippen LogP contribution in [-0.2, 0) is 19.1 Å². The molecule has 0 spiro atoms. The normalized spacial score (nSPS) is 10.7. The number of rotatable bonds is 11. The third kappa shape index (κ3) is 8.61. The molecule has 1 aromatic heterocycles. The number of thioether (sulfide) groups is 2. The Labute approximate surface area is 153 Å². The fourth-order valence-corrected chi connectivity index (χ4v) is 4.85. The third-order valence-electron chi connectivity index (χ3n) is 2.19. The summed E-state index contributed by atoms with van der Waals surface area (Å²) in [6.07, 6.45) is 0. The van der Waals surface area contributed by atoms with Crippen LogP contribution in [0.5, 0.6) is 0 Å². The van der Waals surface area contributed by atoms with Gasteiger partial charge in [0.05, 0.1) is 16.1 Å². The first-order valence-corrected chi connectivity index (χ1v) is 10.7. The van der Waals surface area contributed by atoms with Crippen LogP contribution in [0.2, 0.25) is 0 Å². The fraction of sp³-hybridized carbons (Fsp3) is 0.538. The average molecular weight is 399 g/mol. The van der Waals surface area contributed by atoms with Gasteiger partial charge in [-0.3, -0.25) is 9.59 Å². The molecule has 1 rings (SSSR count). The first-order valence-electron chi connectivity index (χ1n) is 6.47. The van der Waals surface area contributed by atoms with E-state index in [4.69, 9.17) is 9.47 Å². The minimum absolute atomic E-state index is 0.00658. The van der Waals surface area contributed by atoms with Crippen molar-refractivity contribution in [1.82, 2.24) is 0 Å². The Balaban J connectivity index is 2.44. The molecule has 0 aliphatic heterocycles. The van der Waals surface area contributed by atoms with Crippen LogP contribution in [0, 0.1) is 0 Å². The summed E-state index contributed by atoms with van der Waals surface area (Å²) in [5, 5.41) is 1.97. The van der Waals surface area contributed by atoms with Gasteiger partial charge in [-0.1, -0.05) is 6.07 Å². The van der Waals surface area contributed by atoms with E-state index in [1.807, 2.05) is 17.5 Å². The fourth-order valence-electron chi connectivity index (χ4n) is 1.33. The zero-order valence-corrected chi connectivity index (χ0v) is 16.0. The van der Waals surface area contributed by atoms with Gasteiger partial charge in [0.1, 0.15) is 13.2 Å². The van der Waals surface area contributed by atoms with Crippen molar-refractivity contribution >= 4 is 72.1 Å². The molecule has 9 heteroatoms. The summed E-state index contributed by atoms with van der Waals surface area (Å²) in [6, 6.07) is 3.94. The van der Waals surface area contributed by atoms with Crippen molar-refractivity contribution in [2.75, 3.05) is 36.2 Å². The highest BCUT2D eigenvalue weighted by molar-refractivity contribution is 8.17. The Morgan fingerprint density at radius 2 is 1.64 bits per heavy atom. The molecule has 0 aliphatic rings. The number of carbonyl (C=O) groups is 2. The summed E-state index contributed by atoms with van der Waals surface area (Å²) in [6.45, 7) is 0.630. The number of hydrogen-bond donors (Lipinski definition) is 2. The van der Waals surface area contributed by atoms with Gasteiger partial charge in [-0.25, -0.2) is 0 Å². The minimum atomic E-state index is -0.265. The van der Waals surface area contributed by atoms with E-state index < -0.39 is 0 Å². The lowest BCUT2D eigenvalue weighted by Crippen LogP contribution is -2.12. The zero-order valence-electron chi connectivity index (χ0n) is 11.8. The maximum atomic E-state index is 11.6. The first kappa shape index (κ1) is 20.1. The van der Waals surface area contributed by atoms with Crippen LogP contribution in [-0.4, -0.2) is 48.2 Å². The van der Waals surface area contributed by atoms with Gasteiger partial charge in [0.15, 0.2) is 0 Å². The molecular weight excluding hydrogens is 380 g/mol. The van der Waals surface area contributed by atoms with Crippen LogP contribution >= 0.6 is 60.1 Å². The number of hydrogen-bond acceptors (Lipinski definition) is 9. The second-order valence-corrected chi connectivity index (χ2v) is 8.22. The Morgan fingerprint density at radius 1 is 1.09 bits per heavy atom. The highest BCUT2D eigenvalue weighted by atomic mass is 32.2.